The van der Waals surface area contributed by atoms with Crippen LogP contribution in [-0.2, 0) is 0 Å². The van der Waals surface area contributed by atoms with Crippen LogP contribution in [0.25, 0.3) is 32.3 Å². The van der Waals surface area contributed by atoms with Crippen molar-refractivity contribution in [3.63, 3.8) is 0 Å². The molecule has 0 spiro atoms. The smallest absolute Gasteiger partial charge is 0.0468 e. The van der Waals surface area contributed by atoms with Crippen LogP contribution in [0, 0.1) is 12.3 Å². The van der Waals surface area contributed by atoms with E-state index in [1.165, 1.54) is 32.3 Å². The Hall–Kier alpha value is -9.56. The fourth-order valence-electron chi connectivity index (χ4n) is 9.58. The van der Waals surface area contributed by atoms with Gasteiger partial charge >= 0.3 is 0 Å². The van der Waals surface area contributed by atoms with Crippen molar-refractivity contribution in [1.82, 2.24) is 0 Å². The van der Waals surface area contributed by atoms with Gasteiger partial charge in [-0.05, 0) is 185 Å². The maximum Gasteiger partial charge on any atom is 0.0468 e. The van der Waals surface area contributed by atoms with Crippen LogP contribution in [0.2, 0.25) is 0 Å². The molecule has 0 aliphatic carbocycles. The number of terminal acetylenes is 1. The largest absolute Gasteiger partial charge is 0.311 e. The van der Waals surface area contributed by atoms with Gasteiger partial charge in [0.15, 0.2) is 0 Å². The molecular formula is C67H50N4. The molecule has 0 aliphatic rings. The highest BCUT2D eigenvalue weighted by molar-refractivity contribution is 5.92. The van der Waals surface area contributed by atoms with E-state index in [1.807, 2.05) is 13.0 Å². The van der Waals surface area contributed by atoms with E-state index in [1.54, 1.807) is 6.08 Å². The Labute approximate surface area is 416 Å². The summed E-state index contributed by atoms with van der Waals surface area (Å²) in [6.45, 7) is 2.05. The van der Waals surface area contributed by atoms with Gasteiger partial charge in [0, 0.05) is 68.3 Å². The second-order valence-electron chi connectivity index (χ2n) is 17.4. The number of rotatable bonds is 13. The Balaban J connectivity index is 1.02. The predicted molar refractivity (Wildman–Crippen MR) is 303 cm³/mol. The van der Waals surface area contributed by atoms with Crippen molar-refractivity contribution in [3.05, 3.63) is 285 Å². The third-order valence-electron chi connectivity index (χ3n) is 13.0. The van der Waals surface area contributed by atoms with Crippen molar-refractivity contribution in [3.8, 4) is 12.3 Å². The minimum Gasteiger partial charge on any atom is -0.311 e. The molecule has 0 unspecified atom stereocenters. The Morgan fingerprint density at radius 1 is 0.310 bits per heavy atom. The van der Waals surface area contributed by atoms with Crippen molar-refractivity contribution in [2.45, 2.75) is 6.92 Å². The summed E-state index contributed by atoms with van der Waals surface area (Å²) in [5.74, 6) is 2.69. The van der Waals surface area contributed by atoms with Crippen LogP contribution in [-0.4, -0.2) is 0 Å². The zero-order valence-corrected chi connectivity index (χ0v) is 39.4. The lowest BCUT2D eigenvalue weighted by Crippen LogP contribution is -2.16. The summed E-state index contributed by atoms with van der Waals surface area (Å²) in [7, 11) is 0. The van der Waals surface area contributed by atoms with Gasteiger partial charge in [0.1, 0.15) is 0 Å². The van der Waals surface area contributed by atoms with Crippen LogP contribution in [0.1, 0.15) is 6.92 Å². The minimum absolute atomic E-state index is 0.970. The molecule has 0 radical (unpaired) electrons. The molecule has 0 aliphatic heterocycles. The molecule has 0 fully saturated rings. The lowest BCUT2D eigenvalue weighted by atomic mass is 10.1. The highest BCUT2D eigenvalue weighted by Crippen LogP contribution is 2.43. The van der Waals surface area contributed by atoms with Gasteiger partial charge in [-0.3, -0.25) is 0 Å². The van der Waals surface area contributed by atoms with Crippen molar-refractivity contribution in [2.24, 2.45) is 0 Å². The van der Waals surface area contributed by atoms with Crippen molar-refractivity contribution < 1.29 is 0 Å². The lowest BCUT2D eigenvalue weighted by molar-refractivity contribution is 1.20. The van der Waals surface area contributed by atoms with Gasteiger partial charge in [-0.1, -0.05) is 139 Å². The molecule has 0 heterocycles. The zero-order valence-electron chi connectivity index (χ0n) is 39.4. The Kier molecular flexibility index (Phi) is 12.4. The Morgan fingerprint density at radius 3 is 0.958 bits per heavy atom. The number of benzene rings is 11. The van der Waals surface area contributed by atoms with Crippen molar-refractivity contribution >= 4 is 94.9 Å². The standard InChI is InChI=1S/C67H50N4/c1-3-5-24-56(4-2)68(65-32-29-50-18-12-15-21-53(50)47-65)59-35-37-60(38-36-59)69(61-39-43-63(44-40-61)70(57-25-8-6-9-26-57)66-33-30-51-19-13-16-22-54(51)48-66)62-41-45-64(46-42-62)71(58-27-10-7-11-28-58)67-34-31-52-20-14-17-23-55(52)49-67/h1,4-49H,2H3/b24-5-,56-4+. The third-order valence-corrected chi connectivity index (χ3v) is 13.0. The van der Waals surface area contributed by atoms with E-state index in [2.05, 4.69) is 292 Å². The van der Waals surface area contributed by atoms with Gasteiger partial charge in [0.25, 0.3) is 0 Å². The molecule has 0 saturated heterocycles. The fourth-order valence-corrected chi connectivity index (χ4v) is 9.58. The summed E-state index contributed by atoms with van der Waals surface area (Å²) in [5.41, 5.74) is 12.5. The molecule has 4 nitrogen and oxygen atoms in total. The van der Waals surface area contributed by atoms with Crippen LogP contribution in [0.4, 0.5) is 62.6 Å². The van der Waals surface area contributed by atoms with E-state index in [9.17, 15) is 0 Å². The van der Waals surface area contributed by atoms with E-state index in [0.29, 0.717) is 0 Å². The number of fused-ring (bicyclic) bond motifs is 3. The average Bonchev–Trinajstić information content (AvgIpc) is 3.44. The molecule has 338 valence electrons. The number of allylic oxidation sites excluding steroid dienone is 3. The number of hydrogen-bond donors (Lipinski definition) is 0. The summed E-state index contributed by atoms with van der Waals surface area (Å²) in [6, 6.07) is 93.2. The zero-order chi connectivity index (χ0) is 47.9. The summed E-state index contributed by atoms with van der Waals surface area (Å²) < 4.78 is 0. The van der Waals surface area contributed by atoms with Crippen molar-refractivity contribution in [2.75, 3.05) is 19.6 Å². The number of para-hydroxylation sites is 2. The topological polar surface area (TPSA) is 13.0 Å². The molecule has 11 aromatic carbocycles. The van der Waals surface area contributed by atoms with Gasteiger partial charge in [-0.2, -0.15) is 0 Å². The van der Waals surface area contributed by atoms with Gasteiger partial charge in [0.05, 0.1) is 0 Å². The second kappa shape index (κ2) is 20.0. The number of hydrogen-bond acceptors (Lipinski definition) is 4. The van der Waals surface area contributed by atoms with Crippen LogP contribution < -0.4 is 19.6 Å². The summed E-state index contributed by atoms with van der Waals surface area (Å²) >= 11 is 0. The van der Waals surface area contributed by atoms with Crippen LogP contribution in [0.15, 0.2) is 285 Å². The molecule has 0 bridgehead atoms. The predicted octanol–water partition coefficient (Wildman–Crippen LogP) is 18.8. The van der Waals surface area contributed by atoms with Gasteiger partial charge < -0.3 is 19.6 Å². The third kappa shape index (κ3) is 9.12. The normalized spacial score (nSPS) is 11.5. The molecule has 11 rings (SSSR count). The Morgan fingerprint density at radius 2 is 0.592 bits per heavy atom. The Bertz CT molecular complexity index is 3560. The van der Waals surface area contributed by atoms with Crippen LogP contribution in [0.5, 0.6) is 0 Å². The van der Waals surface area contributed by atoms with E-state index >= 15 is 0 Å². The van der Waals surface area contributed by atoms with Crippen LogP contribution in [0.3, 0.4) is 0 Å². The monoisotopic (exact) mass is 910 g/mol. The summed E-state index contributed by atoms with van der Waals surface area (Å²) in [5, 5.41) is 7.16. The first kappa shape index (κ1) is 44.0. The lowest BCUT2D eigenvalue weighted by Gasteiger charge is -2.30. The number of nitrogens with zero attached hydrogens (tertiary/aromatic N) is 4. The quantitative estimate of drug-likeness (QED) is 0.0844. The molecule has 0 N–H and O–H groups in total. The number of anilines is 11. The summed E-state index contributed by atoms with van der Waals surface area (Å²) in [4.78, 5) is 9.24. The first-order valence-electron chi connectivity index (χ1n) is 24.0. The highest BCUT2D eigenvalue weighted by atomic mass is 15.2. The van der Waals surface area contributed by atoms with Crippen molar-refractivity contribution in [1.29, 1.82) is 0 Å². The van der Waals surface area contributed by atoms with Gasteiger partial charge in [0.2, 0.25) is 0 Å². The van der Waals surface area contributed by atoms with E-state index in [4.69, 9.17) is 6.42 Å². The average molecular weight is 911 g/mol. The maximum absolute atomic E-state index is 5.76. The molecule has 0 amide bonds. The van der Waals surface area contributed by atoms with E-state index < -0.39 is 0 Å². The second-order valence-corrected chi connectivity index (χ2v) is 17.4. The van der Waals surface area contributed by atoms with Gasteiger partial charge in [-0.25, -0.2) is 0 Å². The minimum atomic E-state index is 0.970. The summed E-state index contributed by atoms with van der Waals surface area (Å²) in [6.07, 6.45) is 11.6. The fraction of sp³-hybridized carbons (Fsp3) is 0.0149. The molecule has 0 saturated carbocycles. The molecule has 4 heteroatoms. The molecule has 0 atom stereocenters. The van der Waals surface area contributed by atoms with E-state index in [0.717, 1.165) is 68.3 Å². The van der Waals surface area contributed by atoms with E-state index in [-0.39, 0.29) is 0 Å². The molecule has 11 aromatic rings. The molecule has 0 aromatic heterocycles. The van der Waals surface area contributed by atoms with Gasteiger partial charge in [-0.15, -0.1) is 6.42 Å². The molecule has 71 heavy (non-hydrogen) atoms. The van der Waals surface area contributed by atoms with Crippen LogP contribution >= 0.6 is 0 Å². The first-order chi connectivity index (χ1) is 35.1. The SMILES string of the molecule is C#C/C=C\C(=C/C)N(c1ccc(N(c2ccc(N(c3ccccc3)c3ccc4ccccc4c3)cc2)c2ccc(N(c3ccccc3)c3ccc4ccccc4c3)cc2)cc1)c1ccc2ccccc2c1. The first-order valence-corrected chi connectivity index (χ1v) is 24.0. The maximum atomic E-state index is 5.76. The molecular weight excluding hydrogens is 861 g/mol. The highest BCUT2D eigenvalue weighted by Gasteiger charge is 2.20.